The average Bonchev–Trinajstić information content (AvgIpc) is 2.34. The minimum absolute atomic E-state index is 0.0724. The molecule has 1 aromatic rings. The van der Waals surface area contributed by atoms with Crippen LogP contribution in [0.1, 0.15) is 24.8 Å². The summed E-state index contributed by atoms with van der Waals surface area (Å²) in [5.41, 5.74) is -0.828. The van der Waals surface area contributed by atoms with Crippen molar-refractivity contribution in [3.8, 4) is 0 Å². The van der Waals surface area contributed by atoms with Crippen LogP contribution in [0.4, 0.5) is 5.69 Å². The molecule has 0 atom stereocenters. The van der Waals surface area contributed by atoms with Crippen molar-refractivity contribution in [2.45, 2.75) is 36.7 Å². The number of nitrogens with one attached hydrogen (secondary N) is 1. The highest BCUT2D eigenvalue weighted by atomic mass is 32.2. The highest BCUT2D eigenvalue weighted by Gasteiger charge is 2.35. The molecule has 0 aliphatic heterocycles. The SMILES string of the molecule is Cc1ccc(S(=O)(=O)NCC2(O)CCC2)cc1[N+](=O)[O-]. The zero-order valence-corrected chi connectivity index (χ0v) is 11.8. The molecule has 1 fully saturated rings. The lowest BCUT2D eigenvalue weighted by molar-refractivity contribution is -0.385. The molecule has 110 valence electrons. The standard InChI is InChI=1S/C12H16N2O5S/c1-9-3-4-10(7-11(9)14(16)17)20(18,19)13-8-12(15)5-2-6-12/h3-4,7,13,15H,2,5-6,8H2,1H3. The van der Waals surface area contributed by atoms with Crippen LogP contribution in [0.2, 0.25) is 0 Å². The fourth-order valence-electron chi connectivity index (χ4n) is 2.03. The van der Waals surface area contributed by atoms with E-state index in [1.165, 1.54) is 12.1 Å². The summed E-state index contributed by atoms with van der Waals surface area (Å²) < 4.78 is 26.4. The van der Waals surface area contributed by atoms with Crippen molar-refractivity contribution in [3.63, 3.8) is 0 Å². The normalized spacial score (nSPS) is 17.5. The third-order valence-corrected chi connectivity index (χ3v) is 4.96. The molecule has 0 aromatic heterocycles. The summed E-state index contributed by atoms with van der Waals surface area (Å²) in [6, 6.07) is 3.74. The number of hydrogen-bond donors (Lipinski definition) is 2. The zero-order valence-electron chi connectivity index (χ0n) is 11.0. The summed E-state index contributed by atoms with van der Waals surface area (Å²) >= 11 is 0. The Morgan fingerprint density at radius 3 is 2.60 bits per heavy atom. The van der Waals surface area contributed by atoms with Crippen LogP contribution in [-0.4, -0.2) is 30.6 Å². The monoisotopic (exact) mass is 300 g/mol. The predicted molar refractivity (Wildman–Crippen MR) is 71.8 cm³/mol. The van der Waals surface area contributed by atoms with Crippen molar-refractivity contribution < 1.29 is 18.4 Å². The van der Waals surface area contributed by atoms with Crippen LogP contribution in [0.25, 0.3) is 0 Å². The average molecular weight is 300 g/mol. The third kappa shape index (κ3) is 2.97. The first kappa shape index (κ1) is 14.9. The van der Waals surface area contributed by atoms with Crippen LogP contribution in [0.15, 0.2) is 23.1 Å². The van der Waals surface area contributed by atoms with E-state index in [1.807, 2.05) is 0 Å². The number of benzene rings is 1. The molecule has 1 aliphatic rings. The molecule has 0 unspecified atom stereocenters. The molecule has 0 saturated heterocycles. The first-order chi connectivity index (χ1) is 9.23. The molecule has 0 heterocycles. The Morgan fingerprint density at radius 2 is 2.10 bits per heavy atom. The van der Waals surface area contributed by atoms with Crippen LogP contribution in [-0.2, 0) is 10.0 Å². The van der Waals surface area contributed by atoms with Gasteiger partial charge in [0.15, 0.2) is 0 Å². The lowest BCUT2D eigenvalue weighted by Crippen LogP contribution is -2.47. The van der Waals surface area contributed by atoms with E-state index in [9.17, 15) is 23.6 Å². The number of nitro benzene ring substituents is 1. The second-order valence-corrected chi connectivity index (χ2v) is 6.87. The Hall–Kier alpha value is -1.51. The fraction of sp³-hybridized carbons (Fsp3) is 0.500. The van der Waals surface area contributed by atoms with E-state index < -0.39 is 20.5 Å². The van der Waals surface area contributed by atoms with Gasteiger partial charge in [0.25, 0.3) is 5.69 Å². The van der Waals surface area contributed by atoms with Gasteiger partial charge in [-0.2, -0.15) is 0 Å². The van der Waals surface area contributed by atoms with E-state index in [4.69, 9.17) is 0 Å². The highest BCUT2D eigenvalue weighted by Crippen LogP contribution is 2.31. The van der Waals surface area contributed by atoms with Crippen molar-refractivity contribution in [2.75, 3.05) is 6.54 Å². The molecule has 0 spiro atoms. The van der Waals surface area contributed by atoms with Crippen molar-refractivity contribution >= 4 is 15.7 Å². The molecule has 2 N–H and O–H groups in total. The zero-order chi connectivity index (χ0) is 15.0. The first-order valence-corrected chi connectivity index (χ1v) is 7.69. The van der Waals surface area contributed by atoms with Crippen molar-refractivity contribution in [1.29, 1.82) is 0 Å². The number of nitro groups is 1. The Bertz CT molecular complexity index is 637. The molecule has 0 bridgehead atoms. The van der Waals surface area contributed by atoms with Gasteiger partial charge in [-0.25, -0.2) is 13.1 Å². The molecule has 0 radical (unpaired) electrons. The van der Waals surface area contributed by atoms with Gasteiger partial charge in [0.05, 0.1) is 15.4 Å². The molecule has 8 heteroatoms. The first-order valence-electron chi connectivity index (χ1n) is 6.21. The Morgan fingerprint density at radius 1 is 1.45 bits per heavy atom. The summed E-state index contributed by atoms with van der Waals surface area (Å²) in [6.07, 6.45) is 1.99. The smallest absolute Gasteiger partial charge is 0.273 e. The van der Waals surface area contributed by atoms with Crippen LogP contribution in [0.5, 0.6) is 0 Å². The minimum atomic E-state index is -3.86. The number of hydrogen-bond acceptors (Lipinski definition) is 5. The van der Waals surface area contributed by atoms with Crippen molar-refractivity contribution in [2.24, 2.45) is 0 Å². The van der Waals surface area contributed by atoms with Gasteiger partial charge >= 0.3 is 0 Å². The highest BCUT2D eigenvalue weighted by molar-refractivity contribution is 7.89. The maximum atomic E-state index is 12.1. The van der Waals surface area contributed by atoms with Gasteiger partial charge in [-0.05, 0) is 32.3 Å². The maximum absolute atomic E-state index is 12.1. The Kier molecular flexibility index (Phi) is 3.81. The topological polar surface area (TPSA) is 110 Å². The molecule has 1 aromatic carbocycles. The summed E-state index contributed by atoms with van der Waals surface area (Å²) in [4.78, 5) is 10.0. The summed E-state index contributed by atoms with van der Waals surface area (Å²) in [5, 5.41) is 20.7. The van der Waals surface area contributed by atoms with Crippen LogP contribution in [0, 0.1) is 17.0 Å². The van der Waals surface area contributed by atoms with E-state index >= 15 is 0 Å². The molecule has 20 heavy (non-hydrogen) atoms. The van der Waals surface area contributed by atoms with E-state index in [0.717, 1.165) is 12.5 Å². The lowest BCUT2D eigenvalue weighted by Gasteiger charge is -2.36. The summed E-state index contributed by atoms with van der Waals surface area (Å²) in [7, 11) is -3.86. The van der Waals surface area contributed by atoms with Crippen molar-refractivity contribution in [1.82, 2.24) is 4.72 Å². The van der Waals surface area contributed by atoms with Gasteiger partial charge in [0.1, 0.15) is 0 Å². The van der Waals surface area contributed by atoms with Gasteiger partial charge in [-0.1, -0.05) is 6.07 Å². The fourth-order valence-corrected chi connectivity index (χ4v) is 3.17. The van der Waals surface area contributed by atoms with E-state index in [2.05, 4.69) is 4.72 Å². The molecule has 0 amide bonds. The Labute approximate surface area is 116 Å². The summed E-state index contributed by atoms with van der Waals surface area (Å²) in [6.45, 7) is 1.47. The van der Waals surface area contributed by atoms with Crippen LogP contribution >= 0.6 is 0 Å². The quantitative estimate of drug-likeness (QED) is 0.625. The van der Waals surface area contributed by atoms with Gasteiger partial charge in [0, 0.05) is 18.2 Å². The maximum Gasteiger partial charge on any atom is 0.273 e. The molecular formula is C12H16N2O5S. The molecule has 1 saturated carbocycles. The van der Waals surface area contributed by atoms with Crippen LogP contribution in [0.3, 0.4) is 0 Å². The van der Waals surface area contributed by atoms with Crippen LogP contribution < -0.4 is 4.72 Å². The Balaban J connectivity index is 2.21. The number of rotatable bonds is 5. The number of aryl methyl sites for hydroxylation is 1. The number of aliphatic hydroxyl groups is 1. The molecule has 1 aliphatic carbocycles. The second kappa shape index (κ2) is 5.12. The van der Waals surface area contributed by atoms with E-state index in [-0.39, 0.29) is 17.1 Å². The second-order valence-electron chi connectivity index (χ2n) is 5.11. The minimum Gasteiger partial charge on any atom is -0.389 e. The number of nitrogens with zero attached hydrogens (tertiary/aromatic N) is 1. The van der Waals surface area contributed by atoms with Gasteiger partial charge in [-0.3, -0.25) is 10.1 Å². The number of sulfonamides is 1. The molecule has 7 nitrogen and oxygen atoms in total. The van der Waals surface area contributed by atoms with E-state index in [1.54, 1.807) is 6.92 Å². The lowest BCUT2D eigenvalue weighted by atomic mass is 9.81. The third-order valence-electron chi connectivity index (χ3n) is 3.56. The van der Waals surface area contributed by atoms with Gasteiger partial charge in [-0.15, -0.1) is 0 Å². The van der Waals surface area contributed by atoms with Gasteiger partial charge in [0.2, 0.25) is 10.0 Å². The predicted octanol–water partition coefficient (Wildman–Crippen LogP) is 1.10. The van der Waals surface area contributed by atoms with Gasteiger partial charge < -0.3 is 5.11 Å². The largest absolute Gasteiger partial charge is 0.389 e. The molecular weight excluding hydrogens is 284 g/mol. The summed E-state index contributed by atoms with van der Waals surface area (Å²) in [5.74, 6) is 0. The molecule has 2 rings (SSSR count). The van der Waals surface area contributed by atoms with Crippen molar-refractivity contribution in [3.05, 3.63) is 33.9 Å². The van der Waals surface area contributed by atoms with E-state index in [0.29, 0.717) is 18.4 Å².